The molecule has 0 aliphatic heterocycles. The number of benzene rings is 1. The highest BCUT2D eigenvalue weighted by molar-refractivity contribution is 14.0. The Morgan fingerprint density at radius 2 is 2.17 bits per heavy atom. The van der Waals surface area contributed by atoms with Gasteiger partial charge in [-0.25, -0.2) is 9.38 Å². The molecule has 1 aromatic heterocycles. The third kappa shape index (κ3) is 7.65. The maximum absolute atomic E-state index is 13.0. The molecule has 0 amide bonds. The zero-order valence-electron chi connectivity index (χ0n) is 12.9. The van der Waals surface area contributed by atoms with Crippen molar-refractivity contribution in [1.82, 2.24) is 10.6 Å². The van der Waals surface area contributed by atoms with E-state index in [2.05, 4.69) is 27.1 Å². The normalized spacial score (nSPS) is 10.8. The molecule has 0 aliphatic rings. The third-order valence-corrected chi connectivity index (χ3v) is 3.54. The number of nitrogens with zero attached hydrogens (tertiary/aromatic N) is 1. The molecule has 0 fully saturated rings. The molecule has 0 atom stereocenters. The summed E-state index contributed by atoms with van der Waals surface area (Å²) in [5, 5.41) is 10.5. The van der Waals surface area contributed by atoms with Crippen LogP contribution in [0.3, 0.4) is 0 Å². The Hall–Kier alpha value is -1.35. The van der Waals surface area contributed by atoms with Crippen molar-refractivity contribution in [1.29, 1.82) is 0 Å². The number of thiophene rings is 1. The number of guanidine groups is 1. The molecule has 0 aliphatic carbocycles. The molecule has 126 valence electrons. The lowest BCUT2D eigenvalue weighted by Gasteiger charge is -2.12. The maximum atomic E-state index is 13.0. The van der Waals surface area contributed by atoms with Gasteiger partial charge in [-0.15, -0.1) is 24.0 Å². The van der Waals surface area contributed by atoms with Gasteiger partial charge in [0.25, 0.3) is 0 Å². The van der Waals surface area contributed by atoms with Gasteiger partial charge in [0.1, 0.15) is 18.2 Å². The van der Waals surface area contributed by atoms with E-state index >= 15 is 0 Å². The predicted octanol–water partition coefficient (Wildman–Crippen LogP) is 3.64. The molecule has 1 heterocycles. The van der Waals surface area contributed by atoms with Crippen LogP contribution in [-0.2, 0) is 6.54 Å². The lowest BCUT2D eigenvalue weighted by molar-refractivity contribution is 0.320. The number of halogens is 2. The van der Waals surface area contributed by atoms with Crippen LogP contribution >= 0.6 is 35.3 Å². The maximum Gasteiger partial charge on any atom is 0.191 e. The van der Waals surface area contributed by atoms with Crippen molar-refractivity contribution < 1.29 is 9.13 Å². The summed E-state index contributed by atoms with van der Waals surface area (Å²) >= 11 is 1.66. The van der Waals surface area contributed by atoms with Gasteiger partial charge in [0, 0.05) is 12.6 Å². The smallest absolute Gasteiger partial charge is 0.191 e. The van der Waals surface area contributed by atoms with Crippen molar-refractivity contribution >= 4 is 41.3 Å². The second-order valence-electron chi connectivity index (χ2n) is 4.56. The highest BCUT2D eigenvalue weighted by atomic mass is 127. The van der Waals surface area contributed by atoms with Crippen molar-refractivity contribution in [2.75, 3.05) is 19.7 Å². The number of hydrogen-bond donors (Lipinski definition) is 2. The Morgan fingerprint density at radius 3 is 2.87 bits per heavy atom. The van der Waals surface area contributed by atoms with Crippen molar-refractivity contribution in [2.45, 2.75) is 13.5 Å². The summed E-state index contributed by atoms with van der Waals surface area (Å²) in [6.07, 6.45) is 0. The molecule has 2 rings (SSSR count). The number of hydrogen-bond acceptors (Lipinski definition) is 3. The minimum absolute atomic E-state index is 0. The van der Waals surface area contributed by atoms with Gasteiger partial charge in [-0.3, -0.25) is 0 Å². The van der Waals surface area contributed by atoms with Crippen LogP contribution in [0.25, 0.3) is 0 Å². The first-order chi connectivity index (χ1) is 10.8. The summed E-state index contributed by atoms with van der Waals surface area (Å²) in [4.78, 5) is 4.50. The molecule has 0 bridgehead atoms. The molecule has 0 unspecified atom stereocenters. The van der Waals surface area contributed by atoms with Crippen LogP contribution in [0.15, 0.2) is 46.1 Å². The molecule has 2 aromatic rings. The molecule has 2 N–H and O–H groups in total. The summed E-state index contributed by atoms with van der Waals surface area (Å²) in [5.41, 5.74) is 1.19. The summed E-state index contributed by atoms with van der Waals surface area (Å²) < 4.78 is 18.5. The highest BCUT2D eigenvalue weighted by Gasteiger charge is 1.99. The lowest BCUT2D eigenvalue weighted by Crippen LogP contribution is -2.39. The minimum Gasteiger partial charge on any atom is -0.492 e. The van der Waals surface area contributed by atoms with Gasteiger partial charge in [-0.05, 0) is 41.4 Å². The van der Waals surface area contributed by atoms with Crippen LogP contribution < -0.4 is 15.4 Å². The second-order valence-corrected chi connectivity index (χ2v) is 5.34. The molecule has 0 radical (unpaired) electrons. The molecule has 0 saturated heterocycles. The summed E-state index contributed by atoms with van der Waals surface area (Å²) in [6.45, 7) is 4.48. The van der Waals surface area contributed by atoms with E-state index < -0.39 is 0 Å². The Bertz CT molecular complexity index is 593. The number of aliphatic imine (C=N–C) groups is 1. The van der Waals surface area contributed by atoms with E-state index in [4.69, 9.17) is 4.74 Å². The van der Waals surface area contributed by atoms with Crippen molar-refractivity contribution in [3.8, 4) is 5.75 Å². The lowest BCUT2D eigenvalue weighted by atomic mass is 10.3. The van der Waals surface area contributed by atoms with Gasteiger partial charge in [-0.1, -0.05) is 6.07 Å². The molecule has 0 spiro atoms. The zero-order valence-corrected chi connectivity index (χ0v) is 16.1. The molecule has 23 heavy (non-hydrogen) atoms. The Morgan fingerprint density at radius 1 is 1.30 bits per heavy atom. The van der Waals surface area contributed by atoms with Gasteiger partial charge >= 0.3 is 0 Å². The van der Waals surface area contributed by atoms with Crippen LogP contribution in [0.5, 0.6) is 5.75 Å². The topological polar surface area (TPSA) is 45.7 Å². The largest absolute Gasteiger partial charge is 0.492 e. The van der Waals surface area contributed by atoms with E-state index in [9.17, 15) is 4.39 Å². The van der Waals surface area contributed by atoms with Crippen LogP contribution in [-0.4, -0.2) is 25.7 Å². The van der Waals surface area contributed by atoms with Crippen molar-refractivity contribution in [3.63, 3.8) is 0 Å². The molecular formula is C16H21FIN3OS. The second kappa shape index (κ2) is 11.2. The Labute approximate surface area is 157 Å². The fraction of sp³-hybridized carbons (Fsp3) is 0.312. The quantitative estimate of drug-likeness (QED) is 0.294. The number of rotatable bonds is 7. The number of nitrogens with one attached hydrogen (secondary N) is 2. The standard InChI is InChI=1S/C16H20FN3OS.HI/c1-2-18-16(20-11-13-6-9-22-12-13)19-7-8-21-15-5-3-4-14(17)10-15;/h3-6,9-10,12H,2,7-8,11H2,1H3,(H2,18,19,20);1H. The van der Waals surface area contributed by atoms with E-state index in [1.807, 2.05) is 12.3 Å². The summed E-state index contributed by atoms with van der Waals surface area (Å²) in [7, 11) is 0. The Kier molecular flexibility index (Phi) is 9.61. The van der Waals surface area contributed by atoms with E-state index in [1.54, 1.807) is 23.5 Å². The predicted molar refractivity (Wildman–Crippen MR) is 104 cm³/mol. The molecular weight excluding hydrogens is 428 g/mol. The molecule has 7 heteroatoms. The third-order valence-electron chi connectivity index (χ3n) is 2.80. The van der Waals surface area contributed by atoms with E-state index in [0.29, 0.717) is 25.4 Å². The molecule has 4 nitrogen and oxygen atoms in total. The van der Waals surface area contributed by atoms with Crippen LogP contribution in [0.1, 0.15) is 12.5 Å². The first-order valence-corrected chi connectivity index (χ1v) is 8.14. The van der Waals surface area contributed by atoms with Crippen LogP contribution in [0.2, 0.25) is 0 Å². The average molecular weight is 449 g/mol. The van der Waals surface area contributed by atoms with Gasteiger partial charge in [0.15, 0.2) is 5.96 Å². The monoisotopic (exact) mass is 449 g/mol. The SMILES string of the molecule is CCNC(=NCc1ccsc1)NCCOc1cccc(F)c1.I. The highest BCUT2D eigenvalue weighted by Crippen LogP contribution is 2.11. The van der Waals surface area contributed by atoms with E-state index in [-0.39, 0.29) is 29.8 Å². The minimum atomic E-state index is -0.295. The fourth-order valence-corrected chi connectivity index (χ4v) is 2.45. The van der Waals surface area contributed by atoms with Crippen LogP contribution in [0, 0.1) is 5.82 Å². The van der Waals surface area contributed by atoms with Gasteiger partial charge in [0.05, 0.1) is 13.1 Å². The number of ether oxygens (including phenoxy) is 1. The molecule has 0 saturated carbocycles. The Balaban J connectivity index is 0.00000264. The fourth-order valence-electron chi connectivity index (χ4n) is 1.79. The first kappa shape index (κ1) is 19.7. The van der Waals surface area contributed by atoms with Gasteiger partial charge in [0.2, 0.25) is 0 Å². The van der Waals surface area contributed by atoms with Crippen molar-refractivity contribution in [2.24, 2.45) is 4.99 Å². The van der Waals surface area contributed by atoms with Gasteiger partial charge < -0.3 is 15.4 Å². The summed E-state index contributed by atoms with van der Waals surface area (Å²) in [5.74, 6) is 0.981. The summed E-state index contributed by atoms with van der Waals surface area (Å²) in [6, 6.07) is 8.19. The van der Waals surface area contributed by atoms with E-state index in [1.165, 1.54) is 17.7 Å². The zero-order chi connectivity index (χ0) is 15.6. The van der Waals surface area contributed by atoms with Crippen LogP contribution in [0.4, 0.5) is 4.39 Å². The molecule has 1 aromatic carbocycles. The van der Waals surface area contributed by atoms with E-state index in [0.717, 1.165) is 12.5 Å². The first-order valence-electron chi connectivity index (χ1n) is 7.19. The average Bonchev–Trinajstić information content (AvgIpc) is 3.02. The van der Waals surface area contributed by atoms with Gasteiger partial charge in [-0.2, -0.15) is 11.3 Å². The van der Waals surface area contributed by atoms with Crippen molar-refractivity contribution in [3.05, 3.63) is 52.5 Å².